The van der Waals surface area contributed by atoms with E-state index in [1.54, 1.807) is 24.3 Å². The van der Waals surface area contributed by atoms with Crippen LogP contribution in [0.15, 0.2) is 24.3 Å². The molecule has 0 heterocycles. The van der Waals surface area contributed by atoms with E-state index < -0.39 is 6.10 Å². The average molecular weight is 209 g/mol. The predicted molar refractivity (Wildman–Crippen MR) is 56.5 cm³/mol. The zero-order valence-electron chi connectivity index (χ0n) is 8.64. The van der Waals surface area contributed by atoms with Gasteiger partial charge in [0, 0.05) is 6.54 Å². The molecule has 0 spiro atoms. The Labute approximate surface area is 88.7 Å². The third-order valence-corrected chi connectivity index (χ3v) is 2.12. The molecule has 15 heavy (non-hydrogen) atoms. The van der Waals surface area contributed by atoms with Crippen LogP contribution < -0.4 is 5.73 Å². The van der Waals surface area contributed by atoms with Crippen LogP contribution in [0.1, 0.15) is 15.9 Å². The standard InChI is InChI=1S/C11H15NO3/c1-15-11(14)9-4-2-8(3-5-9)6-10(13)7-12/h2-5,10,13H,6-7,12H2,1H3. The van der Waals surface area contributed by atoms with E-state index in [9.17, 15) is 9.90 Å². The molecular weight excluding hydrogens is 194 g/mol. The van der Waals surface area contributed by atoms with Gasteiger partial charge in [-0.2, -0.15) is 0 Å². The molecule has 0 amide bonds. The summed E-state index contributed by atoms with van der Waals surface area (Å²) in [7, 11) is 1.34. The Morgan fingerprint density at radius 1 is 1.47 bits per heavy atom. The van der Waals surface area contributed by atoms with Crippen LogP contribution in [0.5, 0.6) is 0 Å². The van der Waals surface area contributed by atoms with Crippen LogP contribution in [-0.2, 0) is 11.2 Å². The average Bonchev–Trinajstić information content (AvgIpc) is 2.29. The molecule has 3 N–H and O–H groups in total. The van der Waals surface area contributed by atoms with Crippen molar-refractivity contribution in [2.45, 2.75) is 12.5 Å². The van der Waals surface area contributed by atoms with Gasteiger partial charge in [0.25, 0.3) is 0 Å². The summed E-state index contributed by atoms with van der Waals surface area (Å²) in [5.74, 6) is -0.360. The number of aliphatic hydroxyl groups is 1. The predicted octanol–water partition coefficient (Wildman–Crippen LogP) is 0.335. The molecule has 0 saturated carbocycles. The third-order valence-electron chi connectivity index (χ3n) is 2.12. The summed E-state index contributed by atoms with van der Waals surface area (Å²) in [6, 6.07) is 6.91. The minimum absolute atomic E-state index is 0.235. The van der Waals surface area contributed by atoms with Gasteiger partial charge in [-0.3, -0.25) is 0 Å². The smallest absolute Gasteiger partial charge is 0.337 e. The molecule has 1 aromatic carbocycles. The number of hydrogen-bond acceptors (Lipinski definition) is 4. The number of rotatable bonds is 4. The van der Waals surface area contributed by atoms with Crippen molar-refractivity contribution in [3.63, 3.8) is 0 Å². The number of nitrogens with two attached hydrogens (primary N) is 1. The molecule has 1 unspecified atom stereocenters. The van der Waals surface area contributed by atoms with E-state index in [1.165, 1.54) is 7.11 Å². The molecule has 4 heteroatoms. The molecule has 0 aromatic heterocycles. The Hall–Kier alpha value is -1.39. The lowest BCUT2D eigenvalue weighted by molar-refractivity contribution is 0.0600. The van der Waals surface area contributed by atoms with Gasteiger partial charge in [0.1, 0.15) is 0 Å². The highest BCUT2D eigenvalue weighted by Crippen LogP contribution is 2.07. The number of aliphatic hydroxyl groups excluding tert-OH is 1. The number of ether oxygens (including phenoxy) is 1. The highest BCUT2D eigenvalue weighted by molar-refractivity contribution is 5.89. The number of carbonyl (C=O) groups is 1. The lowest BCUT2D eigenvalue weighted by Gasteiger charge is -2.07. The van der Waals surface area contributed by atoms with E-state index in [4.69, 9.17) is 5.73 Å². The highest BCUT2D eigenvalue weighted by Gasteiger charge is 2.06. The molecule has 0 fully saturated rings. The number of benzene rings is 1. The van der Waals surface area contributed by atoms with E-state index in [0.717, 1.165) is 5.56 Å². The van der Waals surface area contributed by atoms with Gasteiger partial charge < -0.3 is 15.6 Å². The van der Waals surface area contributed by atoms with Crippen molar-refractivity contribution in [3.8, 4) is 0 Å². The Balaban J connectivity index is 2.68. The second-order valence-electron chi connectivity index (χ2n) is 3.28. The van der Waals surface area contributed by atoms with Gasteiger partial charge >= 0.3 is 5.97 Å². The Kier molecular flexibility index (Phi) is 4.27. The molecule has 1 atom stereocenters. The van der Waals surface area contributed by atoms with Crippen LogP contribution in [0.4, 0.5) is 0 Å². The summed E-state index contributed by atoms with van der Waals surface area (Å²) in [5.41, 5.74) is 6.74. The van der Waals surface area contributed by atoms with Gasteiger partial charge in [-0.15, -0.1) is 0 Å². The van der Waals surface area contributed by atoms with Crippen molar-refractivity contribution in [3.05, 3.63) is 35.4 Å². The van der Waals surface area contributed by atoms with Crippen molar-refractivity contribution < 1.29 is 14.6 Å². The molecule has 0 aliphatic heterocycles. The maximum Gasteiger partial charge on any atom is 0.337 e. The first-order valence-corrected chi connectivity index (χ1v) is 4.72. The van der Waals surface area contributed by atoms with Crippen molar-refractivity contribution >= 4 is 5.97 Å². The number of carbonyl (C=O) groups excluding carboxylic acids is 1. The minimum atomic E-state index is -0.533. The monoisotopic (exact) mass is 209 g/mol. The fourth-order valence-electron chi connectivity index (χ4n) is 1.25. The summed E-state index contributed by atoms with van der Waals surface area (Å²) in [6.45, 7) is 0.235. The van der Waals surface area contributed by atoms with Crippen molar-refractivity contribution in [1.29, 1.82) is 0 Å². The van der Waals surface area contributed by atoms with Crippen LogP contribution in [0.2, 0.25) is 0 Å². The second kappa shape index (κ2) is 5.48. The SMILES string of the molecule is COC(=O)c1ccc(CC(O)CN)cc1. The van der Waals surface area contributed by atoms with Crippen molar-refractivity contribution in [2.24, 2.45) is 5.73 Å². The van der Waals surface area contributed by atoms with E-state index in [1.807, 2.05) is 0 Å². The van der Waals surface area contributed by atoms with Gasteiger partial charge in [-0.05, 0) is 24.1 Å². The van der Waals surface area contributed by atoms with Crippen LogP contribution in [0, 0.1) is 0 Å². The fourth-order valence-corrected chi connectivity index (χ4v) is 1.25. The van der Waals surface area contributed by atoms with E-state index in [0.29, 0.717) is 12.0 Å². The largest absolute Gasteiger partial charge is 0.465 e. The van der Waals surface area contributed by atoms with Gasteiger partial charge in [-0.1, -0.05) is 12.1 Å². The van der Waals surface area contributed by atoms with Crippen LogP contribution in [0.3, 0.4) is 0 Å². The summed E-state index contributed by atoms with van der Waals surface area (Å²) in [4.78, 5) is 11.1. The van der Waals surface area contributed by atoms with E-state index >= 15 is 0 Å². The van der Waals surface area contributed by atoms with Crippen molar-refractivity contribution in [2.75, 3.05) is 13.7 Å². The van der Waals surface area contributed by atoms with Crippen LogP contribution >= 0.6 is 0 Å². The highest BCUT2D eigenvalue weighted by atomic mass is 16.5. The number of hydrogen-bond donors (Lipinski definition) is 2. The minimum Gasteiger partial charge on any atom is -0.465 e. The first-order valence-electron chi connectivity index (χ1n) is 4.72. The third kappa shape index (κ3) is 3.34. The zero-order valence-corrected chi connectivity index (χ0v) is 8.64. The normalized spacial score (nSPS) is 12.2. The Morgan fingerprint density at radius 2 is 2.07 bits per heavy atom. The molecule has 0 bridgehead atoms. The lowest BCUT2D eigenvalue weighted by atomic mass is 10.1. The molecular formula is C11H15NO3. The second-order valence-corrected chi connectivity index (χ2v) is 3.28. The van der Waals surface area contributed by atoms with Crippen molar-refractivity contribution in [1.82, 2.24) is 0 Å². The fraction of sp³-hybridized carbons (Fsp3) is 0.364. The first-order chi connectivity index (χ1) is 7.17. The molecule has 1 rings (SSSR count). The zero-order chi connectivity index (χ0) is 11.3. The van der Waals surface area contributed by atoms with E-state index in [2.05, 4.69) is 4.74 Å². The van der Waals surface area contributed by atoms with Gasteiger partial charge in [0.15, 0.2) is 0 Å². The van der Waals surface area contributed by atoms with Crippen LogP contribution in [-0.4, -0.2) is 30.8 Å². The van der Waals surface area contributed by atoms with Gasteiger partial charge in [-0.25, -0.2) is 4.79 Å². The maximum atomic E-state index is 11.1. The topological polar surface area (TPSA) is 72.5 Å². The number of methoxy groups -OCH3 is 1. The molecule has 0 saturated heterocycles. The number of esters is 1. The Bertz CT molecular complexity index is 321. The molecule has 0 aliphatic carbocycles. The van der Waals surface area contributed by atoms with Crippen LogP contribution in [0.25, 0.3) is 0 Å². The molecule has 1 aromatic rings. The summed E-state index contributed by atoms with van der Waals surface area (Å²) < 4.78 is 4.57. The summed E-state index contributed by atoms with van der Waals surface area (Å²) in [5, 5.41) is 9.32. The quantitative estimate of drug-likeness (QED) is 0.701. The summed E-state index contributed by atoms with van der Waals surface area (Å²) in [6.07, 6.45) is -0.0354. The van der Waals surface area contributed by atoms with Gasteiger partial charge in [0.05, 0.1) is 18.8 Å². The molecule has 0 radical (unpaired) electrons. The molecule has 0 aliphatic rings. The Morgan fingerprint density at radius 3 is 2.53 bits per heavy atom. The van der Waals surface area contributed by atoms with Gasteiger partial charge in [0.2, 0.25) is 0 Å². The lowest BCUT2D eigenvalue weighted by Crippen LogP contribution is -2.21. The molecule has 82 valence electrons. The maximum absolute atomic E-state index is 11.1. The van der Waals surface area contributed by atoms with E-state index in [-0.39, 0.29) is 12.5 Å². The molecule has 4 nitrogen and oxygen atoms in total. The first kappa shape index (κ1) is 11.7. The summed E-state index contributed by atoms with van der Waals surface area (Å²) >= 11 is 0.